The molecule has 82 valence electrons. The second-order valence-electron chi connectivity index (χ2n) is 2.58. The van der Waals surface area contributed by atoms with Crippen LogP contribution in [-0.4, -0.2) is 50.3 Å². The lowest BCUT2D eigenvalue weighted by atomic mass is 10.4. The van der Waals surface area contributed by atoms with E-state index in [1.807, 2.05) is 0 Å². The van der Waals surface area contributed by atoms with Crippen molar-refractivity contribution in [3.8, 4) is 0 Å². The van der Waals surface area contributed by atoms with Gasteiger partial charge in [0.05, 0.1) is 6.61 Å². The first kappa shape index (κ1) is 12.9. The maximum Gasteiger partial charge on any atom is 0.309 e. The van der Waals surface area contributed by atoms with E-state index < -0.39 is 11.8 Å². The highest BCUT2D eigenvalue weighted by Crippen LogP contribution is 1.74. The van der Waals surface area contributed by atoms with E-state index in [1.54, 1.807) is 0 Å². The quantitative estimate of drug-likeness (QED) is 0.353. The van der Waals surface area contributed by atoms with E-state index >= 15 is 0 Å². The molecule has 6 heteroatoms. The molecule has 0 aliphatic rings. The van der Waals surface area contributed by atoms with Gasteiger partial charge in [0.1, 0.15) is 0 Å². The van der Waals surface area contributed by atoms with Crippen molar-refractivity contribution >= 4 is 11.8 Å². The van der Waals surface area contributed by atoms with Crippen molar-refractivity contribution in [1.82, 2.24) is 10.6 Å². The molecule has 0 fully saturated rings. The number of hydrogen-bond donors (Lipinski definition) is 3. The van der Waals surface area contributed by atoms with Crippen molar-refractivity contribution in [3.05, 3.63) is 0 Å². The Bertz CT molecular complexity index is 164. The van der Waals surface area contributed by atoms with Crippen LogP contribution in [0, 0.1) is 0 Å². The Morgan fingerprint density at radius 1 is 1.21 bits per heavy atom. The predicted molar refractivity (Wildman–Crippen MR) is 49.6 cm³/mol. The summed E-state index contributed by atoms with van der Waals surface area (Å²) in [5.41, 5.74) is 0. The molecular weight excluding hydrogens is 188 g/mol. The van der Waals surface area contributed by atoms with Crippen LogP contribution in [0.5, 0.6) is 0 Å². The molecule has 0 spiro atoms. The topological polar surface area (TPSA) is 87.7 Å². The summed E-state index contributed by atoms with van der Waals surface area (Å²) in [6, 6.07) is 0. The number of carbonyl (C=O) groups is 2. The van der Waals surface area contributed by atoms with Crippen molar-refractivity contribution in [2.24, 2.45) is 0 Å². The minimum atomic E-state index is -0.686. The summed E-state index contributed by atoms with van der Waals surface area (Å²) in [6.07, 6.45) is 0.442. The van der Waals surface area contributed by atoms with Gasteiger partial charge in [0.25, 0.3) is 0 Å². The molecular formula is C8H16N2O4. The number of methoxy groups -OCH3 is 1. The van der Waals surface area contributed by atoms with Crippen molar-refractivity contribution in [1.29, 1.82) is 0 Å². The lowest BCUT2D eigenvalue weighted by Crippen LogP contribution is -2.41. The molecule has 0 saturated carbocycles. The fraction of sp³-hybridized carbons (Fsp3) is 0.750. The van der Waals surface area contributed by atoms with Crippen molar-refractivity contribution < 1.29 is 19.4 Å². The minimum absolute atomic E-state index is 0.00836. The molecule has 0 aliphatic heterocycles. The first-order valence-corrected chi connectivity index (χ1v) is 4.38. The van der Waals surface area contributed by atoms with Crippen LogP contribution in [0.1, 0.15) is 6.42 Å². The smallest absolute Gasteiger partial charge is 0.309 e. The number of rotatable bonds is 6. The van der Waals surface area contributed by atoms with E-state index in [-0.39, 0.29) is 6.61 Å². The fourth-order valence-electron chi connectivity index (χ4n) is 0.708. The van der Waals surface area contributed by atoms with Gasteiger partial charge in [0.2, 0.25) is 0 Å². The first-order chi connectivity index (χ1) is 6.72. The van der Waals surface area contributed by atoms with E-state index in [4.69, 9.17) is 9.84 Å². The van der Waals surface area contributed by atoms with Crippen LogP contribution in [0.3, 0.4) is 0 Å². The molecule has 0 rings (SSSR count). The molecule has 3 N–H and O–H groups in total. The van der Waals surface area contributed by atoms with Crippen LogP contribution >= 0.6 is 0 Å². The Kier molecular flexibility index (Phi) is 7.77. The molecule has 0 aliphatic carbocycles. The number of aliphatic hydroxyl groups is 1. The SMILES string of the molecule is COCCNC(=O)C(=O)NCCCO. The minimum Gasteiger partial charge on any atom is -0.396 e. The van der Waals surface area contributed by atoms with E-state index in [9.17, 15) is 9.59 Å². The highest BCUT2D eigenvalue weighted by atomic mass is 16.5. The third-order valence-corrected chi connectivity index (χ3v) is 1.42. The third-order valence-electron chi connectivity index (χ3n) is 1.42. The van der Waals surface area contributed by atoms with Crippen LogP contribution in [0.4, 0.5) is 0 Å². The Morgan fingerprint density at radius 2 is 1.79 bits per heavy atom. The molecule has 0 bridgehead atoms. The number of nitrogens with one attached hydrogen (secondary N) is 2. The van der Waals surface area contributed by atoms with Gasteiger partial charge in [-0.15, -0.1) is 0 Å². The second-order valence-corrected chi connectivity index (χ2v) is 2.58. The second kappa shape index (κ2) is 8.46. The molecule has 14 heavy (non-hydrogen) atoms. The maximum absolute atomic E-state index is 11.0. The van der Waals surface area contributed by atoms with Gasteiger partial charge in [-0.3, -0.25) is 9.59 Å². The van der Waals surface area contributed by atoms with Crippen LogP contribution in [0.15, 0.2) is 0 Å². The molecule has 0 atom stereocenters. The Labute approximate surface area is 82.6 Å². The van der Waals surface area contributed by atoms with Gasteiger partial charge in [0, 0.05) is 26.8 Å². The molecule has 0 aromatic rings. The van der Waals surface area contributed by atoms with Crippen molar-refractivity contribution in [2.45, 2.75) is 6.42 Å². The predicted octanol–water partition coefficient (Wildman–Crippen LogP) is -1.75. The Hall–Kier alpha value is -1.14. The highest BCUT2D eigenvalue weighted by Gasteiger charge is 2.10. The number of ether oxygens (including phenoxy) is 1. The average Bonchev–Trinajstić information content (AvgIpc) is 2.18. The molecule has 6 nitrogen and oxygen atoms in total. The maximum atomic E-state index is 11.0. The largest absolute Gasteiger partial charge is 0.396 e. The summed E-state index contributed by atoms with van der Waals surface area (Å²) < 4.78 is 4.69. The molecule has 0 aromatic carbocycles. The van der Waals surface area contributed by atoms with E-state index in [0.29, 0.717) is 26.1 Å². The summed E-state index contributed by atoms with van der Waals surface area (Å²) in [6.45, 7) is 0.969. The van der Waals surface area contributed by atoms with Crippen LogP contribution in [-0.2, 0) is 14.3 Å². The average molecular weight is 204 g/mol. The van der Waals surface area contributed by atoms with Crippen molar-refractivity contribution in [3.63, 3.8) is 0 Å². The van der Waals surface area contributed by atoms with Gasteiger partial charge in [-0.1, -0.05) is 0 Å². The monoisotopic (exact) mass is 204 g/mol. The standard InChI is InChI=1S/C8H16N2O4/c1-14-6-4-10-8(13)7(12)9-3-2-5-11/h11H,2-6H2,1H3,(H,9,12)(H,10,13). The molecule has 0 aromatic heterocycles. The van der Waals surface area contributed by atoms with Crippen molar-refractivity contribution in [2.75, 3.05) is 33.4 Å². The van der Waals surface area contributed by atoms with Crippen LogP contribution in [0.25, 0.3) is 0 Å². The van der Waals surface area contributed by atoms with Gasteiger partial charge in [-0.2, -0.15) is 0 Å². The molecule has 0 radical (unpaired) electrons. The molecule has 0 unspecified atom stereocenters. The van der Waals surface area contributed by atoms with Gasteiger partial charge >= 0.3 is 11.8 Å². The van der Waals surface area contributed by atoms with Crippen LogP contribution in [0.2, 0.25) is 0 Å². The summed E-state index contributed by atoms with van der Waals surface area (Å²) in [4.78, 5) is 21.9. The van der Waals surface area contributed by atoms with E-state index in [2.05, 4.69) is 10.6 Å². The molecule has 0 heterocycles. The Morgan fingerprint density at radius 3 is 2.29 bits per heavy atom. The van der Waals surface area contributed by atoms with Crippen LogP contribution < -0.4 is 10.6 Å². The Balaban J connectivity index is 3.50. The fourth-order valence-corrected chi connectivity index (χ4v) is 0.708. The zero-order valence-electron chi connectivity index (χ0n) is 8.21. The van der Waals surface area contributed by atoms with E-state index in [1.165, 1.54) is 7.11 Å². The summed E-state index contributed by atoms with van der Waals surface area (Å²) in [5, 5.41) is 13.2. The number of aliphatic hydroxyl groups excluding tert-OH is 1. The first-order valence-electron chi connectivity index (χ1n) is 4.38. The lowest BCUT2D eigenvalue weighted by molar-refractivity contribution is -0.139. The number of carbonyl (C=O) groups excluding carboxylic acids is 2. The number of amides is 2. The lowest BCUT2D eigenvalue weighted by Gasteiger charge is -2.04. The summed E-state index contributed by atoms with van der Waals surface area (Å²) in [5.74, 6) is -1.37. The summed E-state index contributed by atoms with van der Waals surface area (Å²) >= 11 is 0. The normalized spacial score (nSPS) is 9.57. The van der Waals surface area contributed by atoms with Gasteiger partial charge < -0.3 is 20.5 Å². The zero-order chi connectivity index (χ0) is 10.8. The van der Waals surface area contributed by atoms with Gasteiger partial charge in [0.15, 0.2) is 0 Å². The summed E-state index contributed by atoms with van der Waals surface area (Å²) in [7, 11) is 1.51. The van der Waals surface area contributed by atoms with E-state index in [0.717, 1.165) is 0 Å². The molecule has 0 saturated heterocycles. The van der Waals surface area contributed by atoms with Gasteiger partial charge in [-0.05, 0) is 6.42 Å². The third kappa shape index (κ3) is 6.38. The van der Waals surface area contributed by atoms with Gasteiger partial charge in [-0.25, -0.2) is 0 Å². The molecule has 2 amide bonds. The highest BCUT2D eigenvalue weighted by molar-refractivity contribution is 6.35. The zero-order valence-corrected chi connectivity index (χ0v) is 8.21. The number of hydrogen-bond acceptors (Lipinski definition) is 4.